The van der Waals surface area contributed by atoms with E-state index in [0.29, 0.717) is 13.2 Å². The molecule has 2 rings (SSSR count). The zero-order valence-corrected chi connectivity index (χ0v) is 13.0. The molecule has 0 aliphatic heterocycles. The van der Waals surface area contributed by atoms with Crippen LogP contribution in [0.15, 0.2) is 18.2 Å². The lowest BCUT2D eigenvalue weighted by Gasteiger charge is -2.10. The van der Waals surface area contributed by atoms with Crippen molar-refractivity contribution in [2.75, 3.05) is 26.4 Å². The van der Waals surface area contributed by atoms with Crippen molar-refractivity contribution in [2.24, 2.45) is 5.92 Å². The molecule has 1 aromatic carbocycles. The molecule has 0 bridgehead atoms. The molecule has 0 radical (unpaired) electrons. The minimum Gasteiger partial charge on any atom is -0.483 e. The fourth-order valence-electron chi connectivity index (χ4n) is 1.99. The topological polar surface area (TPSA) is 47.6 Å². The van der Waals surface area contributed by atoms with E-state index >= 15 is 0 Å². The molecule has 1 fully saturated rings. The Bertz CT molecular complexity index is 469. The monoisotopic (exact) mass is 291 g/mol. The Morgan fingerprint density at radius 3 is 2.90 bits per heavy atom. The van der Waals surface area contributed by atoms with Crippen LogP contribution in [0.5, 0.6) is 5.75 Å². The molecule has 0 unspecified atom stereocenters. The maximum Gasteiger partial charge on any atom is 0.257 e. The van der Waals surface area contributed by atoms with Crippen LogP contribution in [0.25, 0.3) is 0 Å². The first-order valence-corrected chi connectivity index (χ1v) is 7.69. The van der Waals surface area contributed by atoms with Crippen LogP contribution < -0.4 is 10.1 Å². The molecule has 1 amide bonds. The van der Waals surface area contributed by atoms with Crippen molar-refractivity contribution in [1.82, 2.24) is 5.32 Å². The molecule has 0 saturated heterocycles. The van der Waals surface area contributed by atoms with Gasteiger partial charge in [0.25, 0.3) is 5.91 Å². The zero-order valence-electron chi connectivity index (χ0n) is 13.0. The predicted molar refractivity (Wildman–Crippen MR) is 82.6 cm³/mol. The van der Waals surface area contributed by atoms with E-state index in [9.17, 15) is 4.79 Å². The van der Waals surface area contributed by atoms with E-state index in [-0.39, 0.29) is 12.5 Å². The lowest BCUT2D eigenvalue weighted by Crippen LogP contribution is -2.30. The molecule has 0 heterocycles. The summed E-state index contributed by atoms with van der Waals surface area (Å²) in [6.07, 6.45) is 3.47. The van der Waals surface area contributed by atoms with E-state index in [1.807, 2.05) is 32.0 Å². The highest BCUT2D eigenvalue weighted by atomic mass is 16.5. The minimum atomic E-state index is -0.0851. The van der Waals surface area contributed by atoms with Gasteiger partial charge in [0.15, 0.2) is 6.61 Å². The third-order valence-corrected chi connectivity index (χ3v) is 3.54. The normalized spacial score (nSPS) is 14.0. The molecule has 116 valence electrons. The number of carbonyl (C=O) groups is 1. The molecule has 4 heteroatoms. The van der Waals surface area contributed by atoms with Crippen molar-refractivity contribution in [2.45, 2.75) is 33.1 Å². The van der Waals surface area contributed by atoms with Crippen LogP contribution in [-0.2, 0) is 9.53 Å². The fourth-order valence-corrected chi connectivity index (χ4v) is 1.99. The average molecular weight is 291 g/mol. The highest BCUT2D eigenvalue weighted by molar-refractivity contribution is 5.77. The number of nitrogens with one attached hydrogen (secondary N) is 1. The van der Waals surface area contributed by atoms with E-state index in [1.54, 1.807) is 0 Å². The van der Waals surface area contributed by atoms with Gasteiger partial charge in [-0.25, -0.2) is 0 Å². The van der Waals surface area contributed by atoms with E-state index < -0.39 is 0 Å². The van der Waals surface area contributed by atoms with Gasteiger partial charge in [-0.3, -0.25) is 4.79 Å². The second-order valence-electron chi connectivity index (χ2n) is 5.78. The van der Waals surface area contributed by atoms with Crippen LogP contribution in [0, 0.1) is 19.8 Å². The van der Waals surface area contributed by atoms with Crippen molar-refractivity contribution in [1.29, 1.82) is 0 Å². The van der Waals surface area contributed by atoms with E-state index in [1.165, 1.54) is 12.8 Å². The van der Waals surface area contributed by atoms with Crippen LogP contribution in [-0.4, -0.2) is 32.3 Å². The summed E-state index contributed by atoms with van der Waals surface area (Å²) in [6.45, 7) is 6.28. The van der Waals surface area contributed by atoms with Gasteiger partial charge in [0.1, 0.15) is 5.75 Å². The quantitative estimate of drug-likeness (QED) is 0.711. The van der Waals surface area contributed by atoms with E-state index in [4.69, 9.17) is 9.47 Å². The number of aryl methyl sites for hydroxylation is 2. The Kier molecular flexibility index (Phi) is 6.05. The summed E-state index contributed by atoms with van der Waals surface area (Å²) >= 11 is 0. The molecule has 21 heavy (non-hydrogen) atoms. The second kappa shape index (κ2) is 8.03. The van der Waals surface area contributed by atoms with Gasteiger partial charge >= 0.3 is 0 Å². The summed E-state index contributed by atoms with van der Waals surface area (Å²) in [5.74, 6) is 1.49. The van der Waals surface area contributed by atoms with Crippen LogP contribution in [0.3, 0.4) is 0 Å². The second-order valence-corrected chi connectivity index (χ2v) is 5.78. The van der Waals surface area contributed by atoms with Crippen molar-refractivity contribution in [3.63, 3.8) is 0 Å². The van der Waals surface area contributed by atoms with Crippen molar-refractivity contribution in [3.05, 3.63) is 29.3 Å². The molecular formula is C17H25NO3. The molecule has 1 aliphatic carbocycles. The molecular weight excluding hydrogens is 266 g/mol. The molecule has 1 N–H and O–H groups in total. The zero-order chi connectivity index (χ0) is 15.1. The molecule has 1 saturated carbocycles. The van der Waals surface area contributed by atoms with E-state index in [0.717, 1.165) is 35.8 Å². The van der Waals surface area contributed by atoms with Gasteiger partial charge in [-0.2, -0.15) is 0 Å². The van der Waals surface area contributed by atoms with Crippen LogP contribution in [0.1, 0.15) is 30.4 Å². The first-order valence-electron chi connectivity index (χ1n) is 7.69. The predicted octanol–water partition coefficient (Wildman–Crippen LogP) is 2.62. The maximum absolute atomic E-state index is 11.7. The number of hydrogen-bond donors (Lipinski definition) is 1. The third kappa shape index (κ3) is 6.17. The lowest BCUT2D eigenvalue weighted by atomic mass is 10.1. The van der Waals surface area contributed by atoms with Crippen LogP contribution in [0.4, 0.5) is 0 Å². The summed E-state index contributed by atoms with van der Waals surface area (Å²) in [4.78, 5) is 11.7. The standard InChI is InChI=1S/C17H25NO3/c1-13-4-5-14(2)16(10-13)21-12-17(19)18-8-3-9-20-11-15-6-7-15/h4-5,10,15H,3,6-9,11-12H2,1-2H3,(H,18,19). The summed E-state index contributed by atoms with van der Waals surface area (Å²) in [6, 6.07) is 5.98. The number of ether oxygens (including phenoxy) is 2. The van der Waals surface area contributed by atoms with E-state index in [2.05, 4.69) is 5.32 Å². The summed E-state index contributed by atoms with van der Waals surface area (Å²) in [7, 11) is 0. The Hall–Kier alpha value is -1.55. The average Bonchev–Trinajstić information content (AvgIpc) is 3.28. The van der Waals surface area contributed by atoms with Gasteiger partial charge < -0.3 is 14.8 Å². The van der Waals surface area contributed by atoms with Crippen molar-refractivity contribution >= 4 is 5.91 Å². The van der Waals surface area contributed by atoms with Gasteiger partial charge in [-0.1, -0.05) is 12.1 Å². The number of rotatable bonds is 9. The van der Waals surface area contributed by atoms with Gasteiger partial charge in [-0.05, 0) is 56.2 Å². The Morgan fingerprint density at radius 1 is 1.33 bits per heavy atom. The van der Waals surface area contributed by atoms with Gasteiger partial charge in [0.2, 0.25) is 0 Å². The molecule has 1 aliphatic rings. The SMILES string of the molecule is Cc1ccc(C)c(OCC(=O)NCCCOCC2CC2)c1. The Labute approximate surface area is 126 Å². The summed E-state index contributed by atoms with van der Waals surface area (Å²) < 4.78 is 11.1. The largest absolute Gasteiger partial charge is 0.483 e. The Balaban J connectivity index is 1.55. The Morgan fingerprint density at radius 2 is 2.14 bits per heavy atom. The third-order valence-electron chi connectivity index (χ3n) is 3.54. The van der Waals surface area contributed by atoms with Crippen molar-refractivity contribution < 1.29 is 14.3 Å². The molecule has 0 spiro atoms. The number of benzene rings is 1. The highest BCUT2D eigenvalue weighted by Gasteiger charge is 2.20. The molecule has 1 aromatic rings. The van der Waals surface area contributed by atoms with Gasteiger partial charge in [0, 0.05) is 19.8 Å². The first kappa shape index (κ1) is 15.8. The van der Waals surface area contributed by atoms with Gasteiger partial charge in [-0.15, -0.1) is 0 Å². The molecule has 4 nitrogen and oxygen atoms in total. The van der Waals surface area contributed by atoms with Gasteiger partial charge in [0.05, 0.1) is 0 Å². The first-order chi connectivity index (χ1) is 10.1. The smallest absolute Gasteiger partial charge is 0.257 e. The molecule has 0 aromatic heterocycles. The van der Waals surface area contributed by atoms with Crippen molar-refractivity contribution in [3.8, 4) is 5.75 Å². The minimum absolute atomic E-state index is 0.0627. The number of hydrogen-bond acceptors (Lipinski definition) is 3. The number of amides is 1. The van der Waals surface area contributed by atoms with Crippen LogP contribution >= 0.6 is 0 Å². The summed E-state index contributed by atoms with van der Waals surface area (Å²) in [5, 5.41) is 2.85. The summed E-state index contributed by atoms with van der Waals surface area (Å²) in [5.41, 5.74) is 2.17. The van der Waals surface area contributed by atoms with Crippen LogP contribution in [0.2, 0.25) is 0 Å². The molecule has 0 atom stereocenters. The number of carbonyl (C=O) groups excluding carboxylic acids is 1. The highest BCUT2D eigenvalue weighted by Crippen LogP contribution is 2.28. The maximum atomic E-state index is 11.7. The lowest BCUT2D eigenvalue weighted by molar-refractivity contribution is -0.123. The fraction of sp³-hybridized carbons (Fsp3) is 0.588.